The minimum absolute atomic E-state index is 0.00124. The Hall–Kier alpha value is -3.32. The van der Waals surface area contributed by atoms with Gasteiger partial charge in [0, 0.05) is 47.9 Å². The third-order valence-corrected chi connectivity index (χ3v) is 12.4. The maximum absolute atomic E-state index is 13.5. The number of amides is 2. The lowest BCUT2D eigenvalue weighted by Crippen LogP contribution is -2.48. The van der Waals surface area contributed by atoms with Crippen LogP contribution >= 0.6 is 11.3 Å². The molecule has 1 aromatic carbocycles. The van der Waals surface area contributed by atoms with Gasteiger partial charge in [-0.05, 0) is 91.4 Å². The Morgan fingerprint density at radius 3 is 2.21 bits per heavy atom. The molecule has 2 aliphatic carbocycles. The van der Waals surface area contributed by atoms with Crippen molar-refractivity contribution in [2.24, 2.45) is 17.8 Å². The molecular formula is C40H52N4O2S. The fourth-order valence-corrected chi connectivity index (χ4v) is 8.70. The Kier molecular flexibility index (Phi) is 10.6. The van der Waals surface area contributed by atoms with Gasteiger partial charge in [-0.1, -0.05) is 77.3 Å². The van der Waals surface area contributed by atoms with Gasteiger partial charge >= 0.3 is 0 Å². The quantitative estimate of drug-likeness (QED) is 0.251. The molecular weight excluding hydrogens is 601 g/mol. The monoisotopic (exact) mass is 652 g/mol. The molecule has 250 valence electrons. The molecule has 2 aromatic heterocycles. The van der Waals surface area contributed by atoms with Crippen molar-refractivity contribution in [1.29, 1.82) is 0 Å². The Morgan fingerprint density at radius 1 is 0.915 bits per heavy atom. The number of likely N-dealkylation sites (tertiary alicyclic amines) is 1. The molecule has 1 saturated carbocycles. The van der Waals surface area contributed by atoms with Gasteiger partial charge in [0.25, 0.3) is 5.91 Å². The van der Waals surface area contributed by atoms with Crippen LogP contribution < -0.4 is 5.32 Å². The number of nitrogens with one attached hydrogen (secondary N) is 1. The average Bonchev–Trinajstić information content (AvgIpc) is 3.82. The highest BCUT2D eigenvalue weighted by Gasteiger charge is 2.30. The fourth-order valence-electron chi connectivity index (χ4n) is 7.73. The van der Waals surface area contributed by atoms with Crippen molar-refractivity contribution >= 4 is 28.7 Å². The zero-order valence-corrected chi connectivity index (χ0v) is 29.6. The molecule has 1 saturated heterocycles. The van der Waals surface area contributed by atoms with Crippen LogP contribution in [0.4, 0.5) is 0 Å². The molecule has 1 aliphatic heterocycles. The van der Waals surface area contributed by atoms with Crippen LogP contribution in [0.15, 0.2) is 54.9 Å². The fraction of sp³-hybridized carbons (Fsp3) is 0.550. The summed E-state index contributed by atoms with van der Waals surface area (Å²) in [5.41, 5.74) is 4.44. The van der Waals surface area contributed by atoms with Crippen LogP contribution in [-0.2, 0) is 16.6 Å². The van der Waals surface area contributed by atoms with Gasteiger partial charge in [0.05, 0.1) is 4.88 Å². The lowest BCUT2D eigenvalue weighted by molar-refractivity contribution is -0.132. The van der Waals surface area contributed by atoms with Gasteiger partial charge in [-0.3, -0.25) is 9.59 Å². The predicted octanol–water partition coefficient (Wildman–Crippen LogP) is 8.87. The van der Waals surface area contributed by atoms with Crippen LogP contribution in [-0.4, -0.2) is 45.8 Å². The van der Waals surface area contributed by atoms with Crippen LogP contribution in [0.1, 0.15) is 118 Å². The number of benzene rings is 1. The number of aromatic nitrogens is 2. The Balaban J connectivity index is 1.08. The molecule has 3 heterocycles. The first-order valence-electron chi connectivity index (χ1n) is 18.0. The first-order valence-corrected chi connectivity index (χ1v) is 18.8. The number of hydrogen-bond acceptors (Lipinski definition) is 5. The van der Waals surface area contributed by atoms with E-state index in [1.54, 1.807) is 0 Å². The first kappa shape index (κ1) is 33.6. The molecule has 3 aliphatic rings. The van der Waals surface area contributed by atoms with Gasteiger partial charge in [0.2, 0.25) is 5.91 Å². The molecule has 0 spiro atoms. The lowest BCUT2D eigenvalue weighted by atomic mass is 9.71. The highest BCUT2D eigenvalue weighted by Crippen LogP contribution is 2.41. The molecule has 2 amide bonds. The van der Waals surface area contributed by atoms with Crippen molar-refractivity contribution in [3.63, 3.8) is 0 Å². The molecule has 0 radical (unpaired) electrons. The summed E-state index contributed by atoms with van der Waals surface area (Å²) in [6.07, 6.45) is 19.5. The minimum atomic E-state index is -0.614. The van der Waals surface area contributed by atoms with Crippen molar-refractivity contribution in [2.75, 3.05) is 13.1 Å². The van der Waals surface area contributed by atoms with E-state index < -0.39 is 6.04 Å². The van der Waals surface area contributed by atoms with Crippen molar-refractivity contribution < 1.29 is 9.59 Å². The highest BCUT2D eigenvalue weighted by molar-refractivity contribution is 7.14. The molecule has 0 bridgehead atoms. The van der Waals surface area contributed by atoms with Crippen LogP contribution in [0.25, 0.3) is 17.0 Å². The SMILES string of the molecule is CC[C@H]1CC[C@H](C2CC=C(c3cnc(-c4ccc(C[C@H](NC(=O)c5ccc(C(C)(C)C)s5)C(=O)N5CCCC5)cc4)nc3)CC2)CC1. The summed E-state index contributed by atoms with van der Waals surface area (Å²) in [6.45, 7) is 10.3. The molecule has 3 aromatic rings. The van der Waals surface area contributed by atoms with Crippen LogP contribution in [0.3, 0.4) is 0 Å². The summed E-state index contributed by atoms with van der Waals surface area (Å²) < 4.78 is 0. The second-order valence-electron chi connectivity index (χ2n) is 15.1. The zero-order valence-electron chi connectivity index (χ0n) is 28.8. The molecule has 2 atom stereocenters. The zero-order chi connectivity index (χ0) is 33.0. The number of nitrogens with zero attached hydrogens (tertiary/aromatic N) is 3. The van der Waals surface area contributed by atoms with Crippen LogP contribution in [0, 0.1) is 17.8 Å². The standard InChI is InChI=1S/C40H52N4O2S/c1-5-27-8-12-29(13-9-27)30-16-18-31(19-17-30)33-25-41-37(42-26-33)32-14-10-28(11-15-32)24-34(39(46)44-22-6-7-23-44)43-38(45)35-20-21-36(47-35)40(2,3)4/h10-11,14-15,18,20-21,25-27,29-30,34H,5-9,12-13,16-17,19,22-24H2,1-4H3,(H,43,45)/t27-,29-,30?,34-/m0/s1. The van der Waals surface area contributed by atoms with Gasteiger partial charge in [0.15, 0.2) is 5.82 Å². The van der Waals surface area contributed by atoms with Gasteiger partial charge in [-0.2, -0.15) is 0 Å². The molecule has 6 rings (SSSR count). The molecule has 6 nitrogen and oxygen atoms in total. The van der Waals surface area contributed by atoms with E-state index in [4.69, 9.17) is 9.97 Å². The highest BCUT2D eigenvalue weighted by atomic mass is 32.1. The first-order chi connectivity index (χ1) is 22.7. The van der Waals surface area contributed by atoms with Crippen LogP contribution in [0.5, 0.6) is 0 Å². The minimum Gasteiger partial charge on any atom is -0.341 e. The van der Waals surface area contributed by atoms with Gasteiger partial charge < -0.3 is 10.2 Å². The molecule has 1 unspecified atom stereocenters. The second kappa shape index (κ2) is 14.8. The smallest absolute Gasteiger partial charge is 0.262 e. The number of allylic oxidation sites excluding steroid dienone is 2. The normalized spacial score (nSPS) is 22.5. The molecule has 2 fully saturated rings. The van der Waals surface area contributed by atoms with E-state index in [1.165, 1.54) is 61.9 Å². The number of carbonyl (C=O) groups excluding carboxylic acids is 2. The Morgan fingerprint density at radius 2 is 1.62 bits per heavy atom. The maximum atomic E-state index is 13.5. The number of hydrogen-bond donors (Lipinski definition) is 1. The molecule has 1 N–H and O–H groups in total. The summed E-state index contributed by atoms with van der Waals surface area (Å²) in [6, 6.07) is 11.4. The summed E-state index contributed by atoms with van der Waals surface area (Å²) in [5, 5.41) is 3.08. The second-order valence-corrected chi connectivity index (χ2v) is 16.2. The number of rotatable bonds is 9. The Labute approximate surface area is 285 Å². The van der Waals surface area contributed by atoms with Crippen LogP contribution in [0.2, 0.25) is 0 Å². The summed E-state index contributed by atoms with van der Waals surface area (Å²) in [7, 11) is 0. The van der Waals surface area contributed by atoms with E-state index in [2.05, 4.69) is 39.1 Å². The van der Waals surface area contributed by atoms with Gasteiger partial charge in [0.1, 0.15) is 6.04 Å². The third-order valence-electron chi connectivity index (χ3n) is 10.9. The maximum Gasteiger partial charge on any atom is 0.262 e. The summed E-state index contributed by atoms with van der Waals surface area (Å²) in [4.78, 5) is 40.0. The topological polar surface area (TPSA) is 75.2 Å². The van der Waals surface area contributed by atoms with Crippen molar-refractivity contribution in [3.8, 4) is 11.4 Å². The number of carbonyl (C=O) groups is 2. The average molecular weight is 653 g/mol. The van der Waals surface area contributed by atoms with E-state index >= 15 is 0 Å². The molecule has 47 heavy (non-hydrogen) atoms. The van der Waals surface area contributed by atoms with E-state index in [0.717, 1.165) is 71.7 Å². The van der Waals surface area contributed by atoms with E-state index in [-0.39, 0.29) is 17.2 Å². The summed E-state index contributed by atoms with van der Waals surface area (Å²) in [5.74, 6) is 3.22. The van der Waals surface area contributed by atoms with Crippen molar-refractivity contribution in [2.45, 2.75) is 110 Å². The van der Waals surface area contributed by atoms with Crippen molar-refractivity contribution in [1.82, 2.24) is 20.2 Å². The van der Waals surface area contributed by atoms with Gasteiger partial charge in [-0.15, -0.1) is 11.3 Å². The van der Waals surface area contributed by atoms with Crippen molar-refractivity contribution in [3.05, 3.63) is 75.7 Å². The van der Waals surface area contributed by atoms with E-state index in [9.17, 15) is 9.59 Å². The van der Waals surface area contributed by atoms with Gasteiger partial charge in [-0.25, -0.2) is 9.97 Å². The Bertz CT molecular complexity index is 1540. The van der Waals surface area contributed by atoms with E-state index in [0.29, 0.717) is 17.1 Å². The predicted molar refractivity (Wildman–Crippen MR) is 192 cm³/mol. The summed E-state index contributed by atoms with van der Waals surface area (Å²) >= 11 is 1.50. The largest absolute Gasteiger partial charge is 0.341 e. The van der Waals surface area contributed by atoms with E-state index in [1.807, 2.05) is 53.7 Å². The number of thiophene rings is 1. The third kappa shape index (κ3) is 8.22. The lowest BCUT2D eigenvalue weighted by Gasteiger charge is -2.35. The molecule has 7 heteroatoms.